The van der Waals surface area contributed by atoms with E-state index < -0.39 is 7.82 Å². The molecule has 0 aromatic heterocycles. The van der Waals surface area contributed by atoms with Gasteiger partial charge >= 0.3 is 61.8 Å². The number of rotatable bonds is 0. The summed E-state index contributed by atoms with van der Waals surface area (Å²) in [7, 11) is -5.39. The topological polar surface area (TPSA) is 86.2 Å². The molecule has 8 heteroatoms. The zero-order valence-corrected chi connectivity index (χ0v) is 8.62. The Balaban J connectivity index is -0.0000000267. The summed E-state index contributed by atoms with van der Waals surface area (Å²) >= 11 is 0. The SMILES string of the molecule is O=P([O-])([O-])[O-].[Fe+2].[Mg+2].[Ti+4]. The molecule has 0 bridgehead atoms. The Morgan fingerprint density at radius 3 is 1.12 bits per heavy atom. The van der Waals surface area contributed by atoms with Crippen molar-refractivity contribution in [1.29, 1.82) is 0 Å². The van der Waals surface area contributed by atoms with Gasteiger partial charge in [0.05, 0.1) is 0 Å². The van der Waals surface area contributed by atoms with E-state index in [0.717, 1.165) is 0 Å². The minimum absolute atomic E-state index is 0. The van der Waals surface area contributed by atoms with Crippen molar-refractivity contribution in [2.45, 2.75) is 0 Å². The molecule has 0 saturated carbocycles. The van der Waals surface area contributed by atoms with Gasteiger partial charge in [-0.25, -0.2) is 0 Å². The van der Waals surface area contributed by atoms with Gasteiger partial charge in [0.1, 0.15) is 0 Å². The third-order valence-electron chi connectivity index (χ3n) is 0. The molecule has 0 aromatic carbocycles. The van der Waals surface area contributed by atoms with Gasteiger partial charge in [0, 0.05) is 0 Å². The molecule has 0 unspecified atom stereocenters. The largest absolute Gasteiger partial charge is 4.00 e. The number of hydrogen-bond acceptors (Lipinski definition) is 4. The maximum atomic E-state index is 8.55. The summed E-state index contributed by atoms with van der Waals surface area (Å²) < 4.78 is 8.55. The normalized spacial score (nSPS) is 7.38. The van der Waals surface area contributed by atoms with E-state index in [4.69, 9.17) is 19.2 Å². The Hall–Kier alpha value is 2.11. The molecule has 0 amide bonds. The molecule has 0 N–H and O–H groups in total. The van der Waals surface area contributed by atoms with Crippen molar-refractivity contribution >= 4 is 30.9 Å². The third kappa shape index (κ3) is 92.1. The van der Waals surface area contributed by atoms with Gasteiger partial charge in [-0.15, -0.1) is 0 Å². The first kappa shape index (κ1) is 22.5. The Kier molecular flexibility index (Phi) is 25.6. The van der Waals surface area contributed by atoms with Crippen LogP contribution in [0.2, 0.25) is 0 Å². The van der Waals surface area contributed by atoms with Crippen LogP contribution in [0.1, 0.15) is 0 Å². The standard InChI is InChI=1S/Fe.Mg.H3O4P.Ti/c;;1-5(2,3)4;/h;;(H3,1,2,3,4);/q2*+2;;+4/p-3. The zero-order valence-electron chi connectivity index (χ0n) is 3.64. The summed E-state index contributed by atoms with van der Waals surface area (Å²) in [6.07, 6.45) is 0. The van der Waals surface area contributed by atoms with Gasteiger partial charge in [-0.1, -0.05) is 0 Å². The molecule has 0 atom stereocenters. The Morgan fingerprint density at radius 2 is 1.12 bits per heavy atom. The van der Waals surface area contributed by atoms with Crippen molar-refractivity contribution in [3.05, 3.63) is 0 Å². The van der Waals surface area contributed by atoms with Crippen LogP contribution >= 0.6 is 7.82 Å². The molecular formula is FeMgO4PTi+5. The van der Waals surface area contributed by atoms with Crippen LogP contribution in [0.4, 0.5) is 0 Å². The van der Waals surface area contributed by atoms with Gasteiger partial charge in [0.15, 0.2) is 0 Å². The van der Waals surface area contributed by atoms with Crippen molar-refractivity contribution in [2.75, 3.05) is 0 Å². The maximum absolute atomic E-state index is 8.55. The first-order valence-electron chi connectivity index (χ1n) is 0.730. The minimum Gasteiger partial charge on any atom is -0.822 e. The second kappa shape index (κ2) is 9.11. The molecule has 0 aliphatic heterocycles. The molecule has 0 aliphatic carbocycles. The molecular weight excluding hydrogens is 223 g/mol. The van der Waals surface area contributed by atoms with E-state index in [9.17, 15) is 0 Å². The van der Waals surface area contributed by atoms with Crippen LogP contribution in [0.15, 0.2) is 0 Å². The second-order valence-corrected chi connectivity index (χ2v) is 1.34. The second-order valence-electron chi connectivity index (χ2n) is 0.447. The zero-order chi connectivity index (χ0) is 4.50. The summed E-state index contributed by atoms with van der Waals surface area (Å²) in [6.45, 7) is 0. The van der Waals surface area contributed by atoms with E-state index in [-0.39, 0.29) is 61.8 Å². The average molecular weight is 223 g/mol. The summed E-state index contributed by atoms with van der Waals surface area (Å²) in [5.74, 6) is 0. The fourth-order valence-corrected chi connectivity index (χ4v) is 0. The average Bonchev–Trinajstić information content (AvgIpc) is 0.722. The van der Waals surface area contributed by atoms with Crippen molar-refractivity contribution in [1.82, 2.24) is 0 Å². The van der Waals surface area contributed by atoms with Crippen LogP contribution in [0.3, 0.4) is 0 Å². The van der Waals surface area contributed by atoms with Crippen LogP contribution in [0.25, 0.3) is 0 Å². The smallest absolute Gasteiger partial charge is 0.822 e. The van der Waals surface area contributed by atoms with E-state index in [0.29, 0.717) is 0 Å². The first-order chi connectivity index (χ1) is 2.00. The minimum atomic E-state index is -5.39. The summed E-state index contributed by atoms with van der Waals surface area (Å²) in [4.78, 5) is 25.6. The number of phosphoric acid groups is 1. The predicted octanol–water partition coefficient (Wildman–Crippen LogP) is -3.21. The van der Waals surface area contributed by atoms with Crippen molar-refractivity contribution < 1.29 is 58.0 Å². The number of hydrogen-bond donors (Lipinski definition) is 0. The predicted molar refractivity (Wildman–Crippen MR) is 13.4 cm³/mol. The Morgan fingerprint density at radius 1 is 1.12 bits per heavy atom. The molecule has 0 radical (unpaired) electrons. The van der Waals surface area contributed by atoms with Crippen LogP contribution in [0.5, 0.6) is 0 Å². The van der Waals surface area contributed by atoms with Crippen molar-refractivity contribution in [3.8, 4) is 0 Å². The van der Waals surface area contributed by atoms with Crippen LogP contribution < -0.4 is 14.7 Å². The Labute approximate surface area is 88.2 Å². The fraction of sp³-hybridized carbons (Fsp3) is 0. The van der Waals surface area contributed by atoms with Gasteiger partial charge in [0.25, 0.3) is 0 Å². The molecule has 4 nitrogen and oxygen atoms in total. The van der Waals surface area contributed by atoms with Gasteiger partial charge in [-0.05, 0) is 0 Å². The first-order valence-corrected chi connectivity index (χ1v) is 2.19. The maximum Gasteiger partial charge on any atom is 4.00 e. The summed E-state index contributed by atoms with van der Waals surface area (Å²) in [5, 5.41) is 0. The van der Waals surface area contributed by atoms with Gasteiger partial charge in [-0.3, -0.25) is 0 Å². The fourth-order valence-electron chi connectivity index (χ4n) is 0. The summed E-state index contributed by atoms with van der Waals surface area (Å²) in [6, 6.07) is 0. The molecule has 38 valence electrons. The molecule has 0 rings (SSSR count). The van der Waals surface area contributed by atoms with E-state index in [2.05, 4.69) is 0 Å². The third-order valence-corrected chi connectivity index (χ3v) is 0. The Bertz CT molecular complexity index is 62.2. The van der Waals surface area contributed by atoms with Gasteiger partial charge in [0.2, 0.25) is 0 Å². The van der Waals surface area contributed by atoms with Gasteiger partial charge < -0.3 is 19.2 Å². The van der Waals surface area contributed by atoms with Crippen LogP contribution in [-0.2, 0) is 43.4 Å². The molecule has 0 spiro atoms. The van der Waals surface area contributed by atoms with Crippen LogP contribution in [0, 0.1) is 0 Å². The summed E-state index contributed by atoms with van der Waals surface area (Å²) in [5.41, 5.74) is 0. The molecule has 0 saturated heterocycles. The monoisotopic (exact) mass is 223 g/mol. The van der Waals surface area contributed by atoms with Crippen LogP contribution in [-0.4, -0.2) is 23.1 Å². The molecule has 8 heavy (non-hydrogen) atoms. The van der Waals surface area contributed by atoms with E-state index in [1.807, 2.05) is 0 Å². The van der Waals surface area contributed by atoms with Crippen molar-refractivity contribution in [3.63, 3.8) is 0 Å². The molecule has 0 aliphatic rings. The quantitative estimate of drug-likeness (QED) is 0.319. The molecule has 0 aromatic rings. The molecule has 0 fully saturated rings. The van der Waals surface area contributed by atoms with Gasteiger partial charge in [-0.2, -0.15) is 7.82 Å². The van der Waals surface area contributed by atoms with E-state index in [1.165, 1.54) is 0 Å². The van der Waals surface area contributed by atoms with Crippen molar-refractivity contribution in [2.24, 2.45) is 0 Å². The molecule has 0 heterocycles. The van der Waals surface area contributed by atoms with E-state index in [1.54, 1.807) is 0 Å². The van der Waals surface area contributed by atoms with E-state index >= 15 is 0 Å².